The molecule has 0 atom stereocenters. The van der Waals surface area contributed by atoms with Gasteiger partial charge in [0.05, 0.1) is 32.2 Å². The molecule has 0 bridgehead atoms. The summed E-state index contributed by atoms with van der Waals surface area (Å²) in [6, 6.07) is 38.5. The normalized spacial score (nSPS) is 14.3. The van der Waals surface area contributed by atoms with Crippen molar-refractivity contribution in [2.45, 2.75) is 62.1 Å². The zero-order chi connectivity index (χ0) is 39.9. The maximum absolute atomic E-state index is 11.8. The number of pyridine rings is 2. The lowest BCUT2D eigenvalue weighted by Gasteiger charge is -2.19. The standard InChI is InChI=1S/C26H29N3O2S.C21H22N3S.BrH.ClH/c1-26(2,3)31-25(30)27-15-9-16-29-17-14-19(20-10-5-6-11-21(20)29)18-24-28(4)22-12-7-8-13-23(22)32-24;1-23-19-9-4-5-10-20(19)25-21(23)15-16-11-14-24(13-6-12-22)18-8-3-2-7-17(16)18;;/h5-8,10-14,17-18H,9,15-16H2,1-4H3;2-5,7-11,14-15H,6,12-13,22H2,1H3;2*1H/q;+1;;/p-1. The topological polar surface area (TPSA) is 78.6 Å². The number of carbonyl (C=O) groups excluding carboxylic acids is 1. The van der Waals surface area contributed by atoms with Crippen LogP contribution in [0.2, 0.25) is 0 Å². The molecule has 0 fully saturated rings. The van der Waals surface area contributed by atoms with E-state index in [9.17, 15) is 4.79 Å². The second-order valence-corrected chi connectivity index (χ2v) is 17.2. The average molecular weight is 912 g/mol. The molecule has 2 aliphatic rings. The maximum Gasteiger partial charge on any atom is 0.407 e. The lowest BCUT2D eigenvalue weighted by Crippen LogP contribution is -3.00. The summed E-state index contributed by atoms with van der Waals surface area (Å²) in [6.07, 6.45) is 10.3. The molecule has 308 valence electrons. The number of carbonyl (C=O) groups is 1. The van der Waals surface area contributed by atoms with E-state index in [4.69, 9.17) is 10.5 Å². The van der Waals surface area contributed by atoms with Gasteiger partial charge >= 0.3 is 6.09 Å². The van der Waals surface area contributed by atoms with Crippen LogP contribution in [0.1, 0.15) is 44.7 Å². The predicted molar refractivity (Wildman–Crippen MR) is 238 cm³/mol. The third-order valence-electron chi connectivity index (χ3n) is 9.87. The van der Waals surface area contributed by atoms with Gasteiger partial charge in [0, 0.05) is 67.5 Å². The Bertz CT molecular complexity index is 2470. The quantitative estimate of drug-likeness (QED) is 0.170. The number of hydrogen-bond acceptors (Lipinski definition) is 7. The molecule has 0 saturated carbocycles. The highest BCUT2D eigenvalue weighted by Crippen LogP contribution is 2.46. The highest BCUT2D eigenvalue weighted by Gasteiger charge is 2.24. The molecule has 0 spiro atoms. The van der Waals surface area contributed by atoms with E-state index in [0.717, 1.165) is 25.9 Å². The first-order valence-corrected chi connectivity index (χ1v) is 21.2. The van der Waals surface area contributed by atoms with Crippen LogP contribution in [0.4, 0.5) is 16.2 Å². The van der Waals surface area contributed by atoms with Gasteiger partial charge in [-0.25, -0.2) is 4.79 Å². The van der Waals surface area contributed by atoms with Crippen molar-refractivity contribution < 1.29 is 48.1 Å². The number of benzene rings is 4. The second-order valence-electron chi connectivity index (χ2n) is 15.1. The van der Waals surface area contributed by atoms with Crippen molar-refractivity contribution in [2.24, 2.45) is 5.73 Å². The van der Waals surface area contributed by atoms with Crippen molar-refractivity contribution in [3.8, 4) is 0 Å². The van der Waals surface area contributed by atoms with Gasteiger partial charge in [-0.15, -0.1) is 0 Å². The Labute approximate surface area is 373 Å². The zero-order valence-corrected chi connectivity index (χ0v) is 38.2. The summed E-state index contributed by atoms with van der Waals surface area (Å²) in [4.78, 5) is 19.0. The Kier molecular flexibility index (Phi) is 15.9. The van der Waals surface area contributed by atoms with Crippen LogP contribution in [-0.2, 0) is 17.8 Å². The van der Waals surface area contributed by atoms with E-state index in [1.54, 1.807) is 11.8 Å². The molecule has 8 nitrogen and oxygen atoms in total. The summed E-state index contributed by atoms with van der Waals surface area (Å²) in [6.45, 7) is 8.65. The molecule has 0 radical (unpaired) electrons. The minimum atomic E-state index is -0.480. The number of rotatable bonds is 9. The van der Waals surface area contributed by atoms with Gasteiger partial charge in [0.2, 0.25) is 11.0 Å². The number of thioether (sulfide) groups is 2. The van der Waals surface area contributed by atoms with Gasteiger partial charge in [-0.2, -0.15) is 9.13 Å². The van der Waals surface area contributed by atoms with Gasteiger partial charge in [-0.1, -0.05) is 72.1 Å². The lowest BCUT2D eigenvalue weighted by atomic mass is 10.1. The zero-order valence-electron chi connectivity index (χ0n) is 34.2. The van der Waals surface area contributed by atoms with Gasteiger partial charge in [0.15, 0.2) is 18.9 Å². The second kappa shape index (κ2) is 20.6. The molecular weight excluding hydrogens is 860 g/mol. The number of nitrogens with two attached hydrogens (primary N) is 1. The van der Waals surface area contributed by atoms with E-state index in [0.29, 0.717) is 13.1 Å². The van der Waals surface area contributed by atoms with Crippen LogP contribution < -0.4 is 59.4 Å². The predicted octanol–water partition coefficient (Wildman–Crippen LogP) is 3.61. The Morgan fingerprint density at radius 3 is 1.59 bits per heavy atom. The van der Waals surface area contributed by atoms with Crippen molar-refractivity contribution in [2.75, 3.05) is 37.0 Å². The number of fused-ring (bicyclic) bond motifs is 4. The summed E-state index contributed by atoms with van der Waals surface area (Å²) in [7, 11) is 4.25. The number of amides is 1. The number of hydrogen-bond donors (Lipinski definition) is 2. The van der Waals surface area contributed by atoms with E-state index < -0.39 is 5.60 Å². The Balaban J connectivity index is 0.000000223. The fourth-order valence-electron chi connectivity index (χ4n) is 7.03. The molecule has 59 heavy (non-hydrogen) atoms. The molecule has 0 saturated heterocycles. The third kappa shape index (κ3) is 11.0. The Morgan fingerprint density at radius 2 is 1.14 bits per heavy atom. The van der Waals surface area contributed by atoms with Crippen molar-refractivity contribution in [1.82, 2.24) is 5.32 Å². The highest BCUT2D eigenvalue weighted by atomic mass is 79.9. The average Bonchev–Trinajstić information content (AvgIpc) is 3.70. The summed E-state index contributed by atoms with van der Waals surface area (Å²) in [5.41, 5.74) is 12.6. The molecule has 0 aliphatic carbocycles. The summed E-state index contributed by atoms with van der Waals surface area (Å²) in [5, 5.41) is 7.80. The number of aromatic nitrogens is 2. The van der Waals surface area contributed by atoms with E-state index in [-0.39, 0.29) is 35.5 Å². The van der Waals surface area contributed by atoms with Crippen molar-refractivity contribution in [3.63, 3.8) is 0 Å². The van der Waals surface area contributed by atoms with Crippen LogP contribution in [-0.4, -0.2) is 38.9 Å². The minimum absolute atomic E-state index is 0. The number of halogens is 2. The molecule has 3 N–H and O–H groups in total. The smallest absolute Gasteiger partial charge is 0.407 e. The molecule has 0 unspecified atom stereocenters. The third-order valence-corrected chi connectivity index (χ3v) is 12.2. The SMILES string of the molecule is CN1/C(=C\c2cc[n+](CCCN)c3ccccc23)Sc2ccccc21.CN1/C(=C\c2cc[n+](CCCNC(=O)OC(C)(C)C)c3ccccc23)Sc2ccccc21.[Br-].[Cl-]. The Hall–Kier alpha value is -4.52. The molecule has 1 amide bonds. The number of aryl methyl sites for hydroxylation is 2. The van der Waals surface area contributed by atoms with E-state index in [1.807, 2.05) is 32.5 Å². The van der Waals surface area contributed by atoms with Gasteiger partial charge < -0.3 is 55.0 Å². The number of nitrogens with zero attached hydrogens (tertiary/aromatic N) is 4. The molecule has 2 aliphatic heterocycles. The number of para-hydroxylation sites is 4. The molecule has 2 aromatic heterocycles. The van der Waals surface area contributed by atoms with Gasteiger partial charge in [-0.05, 0) is 87.0 Å². The molecule has 4 heterocycles. The highest BCUT2D eigenvalue weighted by molar-refractivity contribution is 8.04. The molecule has 8 rings (SSSR count). The van der Waals surface area contributed by atoms with Crippen molar-refractivity contribution >= 4 is 74.9 Å². The number of ether oxygens (including phenoxy) is 1. The number of anilines is 2. The van der Waals surface area contributed by atoms with Crippen LogP contribution in [0.5, 0.6) is 0 Å². The van der Waals surface area contributed by atoms with Gasteiger partial charge in [-0.3, -0.25) is 0 Å². The lowest BCUT2D eigenvalue weighted by molar-refractivity contribution is -0.671. The monoisotopic (exact) mass is 910 g/mol. The summed E-state index contributed by atoms with van der Waals surface area (Å²) in [5.74, 6) is 0. The number of alkyl carbamates (subject to hydrolysis) is 1. The van der Waals surface area contributed by atoms with Crippen LogP contribution in [0, 0.1) is 0 Å². The van der Waals surface area contributed by atoms with E-state index in [2.05, 4.69) is 172 Å². The first-order valence-electron chi connectivity index (χ1n) is 19.5. The molecular formula is C47H52BrClN6O2S2. The van der Waals surface area contributed by atoms with Crippen molar-refractivity contribution in [1.29, 1.82) is 0 Å². The maximum atomic E-state index is 11.8. The first-order chi connectivity index (χ1) is 27.6. The first kappa shape index (κ1) is 45.6. The van der Waals surface area contributed by atoms with Crippen molar-refractivity contribution in [3.05, 3.63) is 143 Å². The van der Waals surface area contributed by atoms with Crippen LogP contribution >= 0.6 is 23.5 Å². The Morgan fingerprint density at radius 1 is 0.695 bits per heavy atom. The summed E-state index contributed by atoms with van der Waals surface area (Å²) < 4.78 is 9.84. The minimum Gasteiger partial charge on any atom is -1.00 e. The van der Waals surface area contributed by atoms with Gasteiger partial charge in [0.25, 0.3) is 0 Å². The fraction of sp³-hybridized carbons (Fsp3) is 0.255. The fourth-order valence-corrected chi connectivity index (χ4v) is 9.24. The van der Waals surface area contributed by atoms with Crippen LogP contribution in [0.25, 0.3) is 34.0 Å². The molecule has 4 aromatic carbocycles. The number of nitrogens with one attached hydrogen (secondary N) is 1. The summed E-state index contributed by atoms with van der Waals surface area (Å²) >= 11 is 3.63. The largest absolute Gasteiger partial charge is 1.00 e. The van der Waals surface area contributed by atoms with Gasteiger partial charge in [0.1, 0.15) is 12.1 Å². The molecule has 6 aromatic rings. The molecule has 12 heteroatoms. The van der Waals surface area contributed by atoms with E-state index in [1.165, 1.54) is 64.2 Å². The van der Waals surface area contributed by atoms with Crippen LogP contribution in [0.15, 0.2) is 141 Å². The van der Waals surface area contributed by atoms with E-state index >= 15 is 0 Å². The van der Waals surface area contributed by atoms with Crippen LogP contribution in [0.3, 0.4) is 0 Å².